The number of rotatable bonds is 7. The molecule has 2 aliphatic rings. The third kappa shape index (κ3) is 5.98. The molecule has 1 unspecified atom stereocenters. The van der Waals surface area contributed by atoms with Crippen LogP contribution in [0.5, 0.6) is 0 Å². The van der Waals surface area contributed by atoms with E-state index in [1.54, 1.807) is 11.3 Å². The molecule has 3 heterocycles. The van der Waals surface area contributed by atoms with Gasteiger partial charge < -0.3 is 10.1 Å². The summed E-state index contributed by atoms with van der Waals surface area (Å²) in [7, 11) is -6.35. The van der Waals surface area contributed by atoms with Gasteiger partial charge in [0.05, 0.1) is 33.7 Å². The molecule has 1 atom stereocenters. The molecular formula is C24H25F3N2O6S3. The van der Waals surface area contributed by atoms with E-state index in [0.29, 0.717) is 25.2 Å². The fourth-order valence-electron chi connectivity index (χ4n) is 4.44. The Morgan fingerprint density at radius 1 is 1.16 bits per heavy atom. The molecule has 1 N–H and O–H groups in total. The Morgan fingerprint density at radius 3 is 2.47 bits per heavy atom. The number of dihydropyridines is 1. The highest BCUT2D eigenvalue weighted by atomic mass is 32.2. The van der Waals surface area contributed by atoms with Gasteiger partial charge in [-0.3, -0.25) is 4.90 Å². The summed E-state index contributed by atoms with van der Waals surface area (Å²) >= 11 is 1.57. The van der Waals surface area contributed by atoms with Gasteiger partial charge in [-0.1, -0.05) is 6.07 Å². The largest absolute Gasteiger partial charge is 0.461 e. The summed E-state index contributed by atoms with van der Waals surface area (Å²) in [6.07, 6.45) is 0. The van der Waals surface area contributed by atoms with Crippen molar-refractivity contribution in [2.24, 2.45) is 0 Å². The summed E-state index contributed by atoms with van der Waals surface area (Å²) in [6.45, 7) is 2.26. The monoisotopic (exact) mass is 590 g/mol. The summed E-state index contributed by atoms with van der Waals surface area (Å²) in [5.74, 6) is -9.63. The molecule has 0 saturated heterocycles. The van der Waals surface area contributed by atoms with E-state index in [0.717, 1.165) is 4.88 Å². The van der Waals surface area contributed by atoms with E-state index in [1.165, 1.54) is 6.92 Å². The molecule has 206 valence electrons. The Kier molecular flexibility index (Phi) is 8.07. The Bertz CT molecular complexity index is 1510. The van der Waals surface area contributed by atoms with Gasteiger partial charge in [0.25, 0.3) is 0 Å². The fourth-order valence-corrected chi connectivity index (χ4v) is 9.35. The topological polar surface area (TPSA) is 110 Å². The third-order valence-corrected chi connectivity index (χ3v) is 10.8. The minimum Gasteiger partial charge on any atom is -0.461 e. The minimum atomic E-state index is -4.33. The third-order valence-electron chi connectivity index (χ3n) is 6.22. The van der Waals surface area contributed by atoms with Gasteiger partial charge >= 0.3 is 5.97 Å². The van der Waals surface area contributed by atoms with Crippen LogP contribution in [0.1, 0.15) is 23.3 Å². The van der Waals surface area contributed by atoms with Crippen molar-refractivity contribution in [3.63, 3.8) is 0 Å². The second-order valence-electron chi connectivity index (χ2n) is 9.10. The molecule has 0 saturated carbocycles. The number of hydrogen-bond donors (Lipinski definition) is 1. The fraction of sp³-hybridized carbons (Fsp3) is 0.375. The first-order chi connectivity index (χ1) is 17.8. The highest BCUT2D eigenvalue weighted by Gasteiger charge is 2.44. The van der Waals surface area contributed by atoms with Crippen LogP contribution in [0, 0.1) is 17.5 Å². The maximum atomic E-state index is 14.3. The number of allylic oxidation sites excluding steroid dienone is 2. The van der Waals surface area contributed by atoms with E-state index in [-0.39, 0.29) is 29.1 Å². The van der Waals surface area contributed by atoms with Gasteiger partial charge in [0.15, 0.2) is 37.1 Å². The molecule has 0 bridgehead atoms. The Labute approximate surface area is 222 Å². The summed E-state index contributed by atoms with van der Waals surface area (Å²) < 4.78 is 99.1. The van der Waals surface area contributed by atoms with Crippen molar-refractivity contribution in [1.29, 1.82) is 0 Å². The molecular weight excluding hydrogens is 565 g/mol. The predicted octanol–water partition coefficient (Wildman–Crippen LogP) is 2.86. The first kappa shape index (κ1) is 28.3. The van der Waals surface area contributed by atoms with Crippen LogP contribution in [0.4, 0.5) is 13.2 Å². The van der Waals surface area contributed by atoms with Crippen molar-refractivity contribution in [2.75, 3.05) is 37.5 Å². The van der Waals surface area contributed by atoms with Crippen molar-refractivity contribution in [3.05, 3.63) is 79.4 Å². The highest BCUT2D eigenvalue weighted by molar-refractivity contribution is 7.98. The van der Waals surface area contributed by atoms with Crippen molar-refractivity contribution in [3.8, 4) is 0 Å². The Hall–Kier alpha value is -2.68. The van der Waals surface area contributed by atoms with Crippen LogP contribution >= 0.6 is 11.3 Å². The van der Waals surface area contributed by atoms with Crippen LogP contribution in [0.3, 0.4) is 0 Å². The van der Waals surface area contributed by atoms with Gasteiger partial charge in [0.1, 0.15) is 6.61 Å². The highest BCUT2D eigenvalue weighted by Crippen LogP contribution is 2.43. The number of carbonyl (C=O) groups is 1. The number of halogens is 3. The molecule has 1 aromatic carbocycles. The standard InChI is InChI=1S/C24H25F3N2O6S3/c1-14-20(24(30)35-6-5-29(2)12-16-4-3-7-36-16)21(15-10-17(25)22(27)18(26)11-15)23-19(28-14)13-37(31,32)8-9-38(23,33)34/h3-4,7,10-11,21,28H,5-6,8-9,12-13H2,1-2H3. The lowest BCUT2D eigenvalue weighted by molar-refractivity contribution is -0.139. The number of sulfone groups is 2. The molecule has 2 aromatic rings. The molecule has 8 nitrogen and oxygen atoms in total. The number of carbonyl (C=O) groups excluding carboxylic acids is 1. The second kappa shape index (κ2) is 10.8. The molecule has 2 aliphatic heterocycles. The van der Waals surface area contributed by atoms with Gasteiger partial charge in [-0.2, -0.15) is 0 Å². The normalized spacial score (nSPS) is 20.6. The molecule has 38 heavy (non-hydrogen) atoms. The maximum Gasteiger partial charge on any atom is 0.336 e. The number of nitrogens with one attached hydrogen (secondary N) is 1. The predicted molar refractivity (Wildman–Crippen MR) is 136 cm³/mol. The molecule has 4 rings (SSSR count). The maximum absolute atomic E-state index is 14.3. The van der Waals surface area contributed by atoms with Crippen LogP contribution < -0.4 is 5.32 Å². The quantitative estimate of drug-likeness (QED) is 0.388. The SMILES string of the molecule is CC1=C(C(=O)OCCN(C)Cc2cccs2)C(c2cc(F)c(F)c(F)c2)C2=C(CS(=O)(=O)CCS2(=O)=O)N1. The number of thiophene rings is 1. The zero-order valence-corrected chi connectivity index (χ0v) is 22.9. The zero-order chi connectivity index (χ0) is 27.8. The van der Waals surface area contributed by atoms with E-state index in [2.05, 4.69) is 5.32 Å². The van der Waals surface area contributed by atoms with Crippen LogP contribution in [0.15, 0.2) is 51.5 Å². The second-order valence-corrected chi connectivity index (χ2v) is 14.4. The van der Waals surface area contributed by atoms with Crippen LogP contribution in [-0.2, 0) is 35.8 Å². The van der Waals surface area contributed by atoms with Gasteiger partial charge in [-0.25, -0.2) is 34.8 Å². The van der Waals surface area contributed by atoms with Gasteiger partial charge in [-0.05, 0) is 43.1 Å². The molecule has 0 radical (unpaired) electrons. The summed E-state index contributed by atoms with van der Waals surface area (Å²) in [5, 5.41) is 4.64. The van der Waals surface area contributed by atoms with E-state index < -0.39 is 71.2 Å². The number of esters is 1. The molecule has 0 aliphatic carbocycles. The van der Waals surface area contributed by atoms with Gasteiger partial charge in [-0.15, -0.1) is 11.3 Å². The van der Waals surface area contributed by atoms with Crippen LogP contribution in [0.2, 0.25) is 0 Å². The zero-order valence-electron chi connectivity index (χ0n) is 20.5. The number of ether oxygens (including phenoxy) is 1. The number of nitrogens with zero attached hydrogens (tertiary/aromatic N) is 1. The number of likely N-dealkylation sites (N-methyl/N-ethyl adjacent to an activating group) is 1. The van der Waals surface area contributed by atoms with Crippen molar-refractivity contribution in [1.82, 2.24) is 10.2 Å². The average Bonchev–Trinajstić information content (AvgIpc) is 3.30. The first-order valence-corrected chi connectivity index (χ1v) is 15.8. The van der Waals surface area contributed by atoms with Gasteiger partial charge in [0.2, 0.25) is 0 Å². The average molecular weight is 591 g/mol. The number of benzene rings is 1. The van der Waals surface area contributed by atoms with Crippen LogP contribution in [-0.4, -0.2) is 65.2 Å². The smallest absolute Gasteiger partial charge is 0.336 e. The van der Waals surface area contributed by atoms with E-state index >= 15 is 0 Å². The van der Waals surface area contributed by atoms with Crippen molar-refractivity contribution in [2.45, 2.75) is 19.4 Å². The first-order valence-electron chi connectivity index (χ1n) is 11.5. The lowest BCUT2D eigenvalue weighted by Gasteiger charge is -2.31. The van der Waals surface area contributed by atoms with Crippen molar-refractivity contribution >= 4 is 37.0 Å². The lowest BCUT2D eigenvalue weighted by atomic mass is 9.86. The summed E-state index contributed by atoms with van der Waals surface area (Å²) in [5.41, 5.74) is -0.789. The molecule has 1 aromatic heterocycles. The minimum absolute atomic E-state index is 0.0585. The van der Waals surface area contributed by atoms with Crippen molar-refractivity contribution < 1.29 is 39.5 Å². The Balaban J connectivity index is 1.71. The number of hydrogen-bond acceptors (Lipinski definition) is 9. The summed E-state index contributed by atoms with van der Waals surface area (Å²) in [6, 6.07) is 5.07. The van der Waals surface area contributed by atoms with E-state index in [1.807, 2.05) is 29.5 Å². The lowest BCUT2D eigenvalue weighted by Crippen LogP contribution is -2.34. The molecule has 14 heteroatoms. The Morgan fingerprint density at radius 2 is 1.84 bits per heavy atom. The summed E-state index contributed by atoms with van der Waals surface area (Å²) in [4.78, 5) is 15.8. The van der Waals surface area contributed by atoms with Crippen LogP contribution in [0.25, 0.3) is 0 Å². The molecule has 0 spiro atoms. The molecule has 0 amide bonds. The molecule has 0 fully saturated rings. The van der Waals surface area contributed by atoms with E-state index in [9.17, 15) is 34.8 Å². The van der Waals surface area contributed by atoms with Gasteiger partial charge in [0, 0.05) is 29.4 Å². The van der Waals surface area contributed by atoms with E-state index in [4.69, 9.17) is 4.74 Å².